The predicted molar refractivity (Wildman–Crippen MR) is 103 cm³/mol. The second-order valence-electron chi connectivity index (χ2n) is 6.40. The summed E-state index contributed by atoms with van der Waals surface area (Å²) < 4.78 is 5.94. The molecule has 0 aliphatic carbocycles. The Hall–Kier alpha value is -2.79. The van der Waals surface area contributed by atoms with Gasteiger partial charge in [0, 0.05) is 17.1 Å². The van der Waals surface area contributed by atoms with Crippen molar-refractivity contribution in [3.8, 4) is 5.75 Å². The third-order valence-electron chi connectivity index (χ3n) is 4.48. The van der Waals surface area contributed by atoms with Crippen LogP contribution in [-0.4, -0.2) is 22.6 Å². The number of nitrogens with two attached hydrogens (primary N) is 1. The highest BCUT2D eigenvalue weighted by molar-refractivity contribution is 5.89. The zero-order valence-electron chi connectivity index (χ0n) is 14.9. The number of aryl methyl sites for hydroxylation is 1. The van der Waals surface area contributed by atoms with Gasteiger partial charge in [-0.15, -0.1) is 0 Å². The van der Waals surface area contributed by atoms with Crippen LogP contribution in [0.3, 0.4) is 0 Å². The van der Waals surface area contributed by atoms with Gasteiger partial charge in [0.2, 0.25) is 0 Å². The summed E-state index contributed by atoms with van der Waals surface area (Å²) in [6.07, 6.45) is 4.45. The van der Waals surface area contributed by atoms with Crippen LogP contribution < -0.4 is 10.5 Å². The van der Waals surface area contributed by atoms with Crippen LogP contribution in [0, 0.1) is 0 Å². The summed E-state index contributed by atoms with van der Waals surface area (Å²) in [5, 5.41) is 10.4. The van der Waals surface area contributed by atoms with Crippen LogP contribution in [0.25, 0.3) is 10.9 Å². The zero-order chi connectivity index (χ0) is 18.5. The lowest BCUT2D eigenvalue weighted by molar-refractivity contribution is 0.0695. The van der Waals surface area contributed by atoms with E-state index >= 15 is 0 Å². The molecule has 5 heteroatoms. The lowest BCUT2D eigenvalue weighted by Gasteiger charge is -2.10. The first-order valence-corrected chi connectivity index (χ1v) is 8.90. The maximum Gasteiger partial charge on any atom is 0.335 e. The number of aromatic amines is 1. The molecule has 5 nitrogen and oxygen atoms in total. The van der Waals surface area contributed by atoms with Crippen molar-refractivity contribution in [2.75, 3.05) is 6.54 Å². The summed E-state index contributed by atoms with van der Waals surface area (Å²) >= 11 is 0. The van der Waals surface area contributed by atoms with E-state index in [1.165, 1.54) is 5.56 Å². The number of rotatable bonds is 8. The quantitative estimate of drug-likeness (QED) is 0.574. The molecule has 2 aromatic carbocycles. The topological polar surface area (TPSA) is 88.3 Å². The van der Waals surface area contributed by atoms with E-state index in [1.807, 2.05) is 43.5 Å². The first-order valence-electron chi connectivity index (χ1n) is 8.90. The Labute approximate surface area is 152 Å². The molecule has 0 unspecified atom stereocenters. The van der Waals surface area contributed by atoms with Crippen molar-refractivity contribution in [3.05, 3.63) is 64.8 Å². The molecule has 0 saturated heterocycles. The number of aromatic carboxylic acids is 1. The van der Waals surface area contributed by atoms with Gasteiger partial charge < -0.3 is 20.6 Å². The van der Waals surface area contributed by atoms with Crippen molar-refractivity contribution in [2.45, 2.75) is 32.8 Å². The summed E-state index contributed by atoms with van der Waals surface area (Å²) in [6, 6.07) is 11.4. The molecule has 3 aromatic rings. The number of benzene rings is 2. The summed E-state index contributed by atoms with van der Waals surface area (Å²) in [4.78, 5) is 14.6. The minimum Gasteiger partial charge on any atom is -0.489 e. The molecule has 4 N–H and O–H groups in total. The number of carbonyl (C=O) groups is 1. The average Bonchev–Trinajstić information content (AvgIpc) is 3.03. The molecule has 1 heterocycles. The molecule has 0 saturated carbocycles. The van der Waals surface area contributed by atoms with Gasteiger partial charge in [0.05, 0.1) is 5.56 Å². The molecular formula is C21H24N2O3. The number of carboxylic acids is 1. The number of carboxylic acid groups (broad SMARTS) is 1. The van der Waals surface area contributed by atoms with Gasteiger partial charge in [0.15, 0.2) is 0 Å². The number of nitrogens with one attached hydrogen (secondary N) is 1. The second-order valence-corrected chi connectivity index (χ2v) is 6.40. The number of fused-ring (bicyclic) bond motifs is 1. The average molecular weight is 352 g/mol. The number of hydrogen-bond donors (Lipinski definition) is 3. The van der Waals surface area contributed by atoms with Crippen molar-refractivity contribution < 1.29 is 14.6 Å². The minimum atomic E-state index is -0.883. The van der Waals surface area contributed by atoms with Crippen LogP contribution in [0.4, 0.5) is 0 Å². The molecule has 0 amide bonds. The van der Waals surface area contributed by atoms with Crippen molar-refractivity contribution in [1.82, 2.24) is 4.98 Å². The van der Waals surface area contributed by atoms with Crippen molar-refractivity contribution in [1.29, 1.82) is 0 Å². The fraction of sp³-hybridized carbons (Fsp3) is 0.286. The Balaban J connectivity index is 1.78. The van der Waals surface area contributed by atoms with E-state index in [0.29, 0.717) is 18.7 Å². The van der Waals surface area contributed by atoms with E-state index in [-0.39, 0.29) is 0 Å². The Morgan fingerprint density at radius 1 is 1.15 bits per heavy atom. The first-order chi connectivity index (χ1) is 12.6. The summed E-state index contributed by atoms with van der Waals surface area (Å²) in [7, 11) is 0. The molecule has 0 radical (unpaired) electrons. The molecule has 0 bridgehead atoms. The minimum absolute atomic E-state index is 0.371. The van der Waals surface area contributed by atoms with E-state index < -0.39 is 5.97 Å². The van der Waals surface area contributed by atoms with Crippen LogP contribution in [0.5, 0.6) is 5.75 Å². The van der Waals surface area contributed by atoms with E-state index in [1.54, 1.807) is 6.07 Å². The standard InChI is InChI=1S/C21H24N2O3/c1-2-3-15-10-14(4-6-18(15)21(24)25)13-26-17-5-7-20-19(11-17)16(8-9-22)12-23-20/h4-7,10-12,23H,2-3,8-9,13,22H2,1H3,(H,24,25). The van der Waals surface area contributed by atoms with Gasteiger partial charge >= 0.3 is 5.97 Å². The Kier molecular flexibility index (Phi) is 5.58. The number of hydrogen-bond acceptors (Lipinski definition) is 3. The monoisotopic (exact) mass is 352 g/mol. The van der Waals surface area contributed by atoms with Gasteiger partial charge in [0.25, 0.3) is 0 Å². The second kappa shape index (κ2) is 8.06. The molecule has 3 rings (SSSR count). The van der Waals surface area contributed by atoms with E-state index in [4.69, 9.17) is 10.5 Å². The third kappa shape index (κ3) is 3.89. The molecule has 1 aromatic heterocycles. The normalized spacial score (nSPS) is 11.0. The van der Waals surface area contributed by atoms with E-state index in [2.05, 4.69) is 4.98 Å². The highest BCUT2D eigenvalue weighted by Gasteiger charge is 2.11. The molecule has 26 heavy (non-hydrogen) atoms. The molecule has 0 fully saturated rings. The highest BCUT2D eigenvalue weighted by Crippen LogP contribution is 2.25. The van der Waals surface area contributed by atoms with E-state index in [0.717, 1.165) is 47.0 Å². The Morgan fingerprint density at radius 2 is 2.00 bits per heavy atom. The maximum atomic E-state index is 11.3. The van der Waals surface area contributed by atoms with Crippen LogP contribution in [0.1, 0.15) is 40.4 Å². The van der Waals surface area contributed by atoms with Gasteiger partial charge in [-0.2, -0.15) is 0 Å². The van der Waals surface area contributed by atoms with Crippen LogP contribution in [-0.2, 0) is 19.4 Å². The van der Waals surface area contributed by atoms with E-state index in [9.17, 15) is 9.90 Å². The molecule has 136 valence electrons. The summed E-state index contributed by atoms with van der Waals surface area (Å²) in [5.41, 5.74) is 10.1. The van der Waals surface area contributed by atoms with Gasteiger partial charge in [-0.05, 0) is 60.3 Å². The fourth-order valence-electron chi connectivity index (χ4n) is 3.20. The van der Waals surface area contributed by atoms with Crippen molar-refractivity contribution in [3.63, 3.8) is 0 Å². The van der Waals surface area contributed by atoms with Crippen molar-refractivity contribution >= 4 is 16.9 Å². The largest absolute Gasteiger partial charge is 0.489 e. The Morgan fingerprint density at radius 3 is 2.73 bits per heavy atom. The molecule has 0 aliphatic rings. The lowest BCUT2D eigenvalue weighted by Crippen LogP contribution is -2.05. The summed E-state index contributed by atoms with van der Waals surface area (Å²) in [6.45, 7) is 3.05. The number of H-pyrrole nitrogens is 1. The van der Waals surface area contributed by atoms with Crippen LogP contribution in [0.2, 0.25) is 0 Å². The Bertz CT molecular complexity index is 915. The fourth-order valence-corrected chi connectivity index (χ4v) is 3.20. The molecular weight excluding hydrogens is 328 g/mol. The van der Waals surface area contributed by atoms with Gasteiger partial charge in [-0.25, -0.2) is 4.79 Å². The molecule has 0 atom stereocenters. The maximum absolute atomic E-state index is 11.3. The highest BCUT2D eigenvalue weighted by atomic mass is 16.5. The molecule has 0 aliphatic heterocycles. The van der Waals surface area contributed by atoms with Gasteiger partial charge in [-0.3, -0.25) is 0 Å². The smallest absolute Gasteiger partial charge is 0.335 e. The number of aromatic nitrogens is 1. The third-order valence-corrected chi connectivity index (χ3v) is 4.48. The van der Waals surface area contributed by atoms with Crippen LogP contribution >= 0.6 is 0 Å². The number of ether oxygens (including phenoxy) is 1. The van der Waals surface area contributed by atoms with Gasteiger partial charge in [0.1, 0.15) is 12.4 Å². The predicted octanol–water partition coefficient (Wildman–Crippen LogP) is 3.90. The first kappa shape index (κ1) is 18.0. The lowest BCUT2D eigenvalue weighted by atomic mass is 10.0. The summed E-state index contributed by atoms with van der Waals surface area (Å²) in [5.74, 6) is -0.0963. The SMILES string of the molecule is CCCc1cc(COc2ccc3[nH]cc(CCN)c3c2)ccc1C(=O)O. The van der Waals surface area contributed by atoms with Crippen LogP contribution in [0.15, 0.2) is 42.6 Å². The van der Waals surface area contributed by atoms with Crippen molar-refractivity contribution in [2.24, 2.45) is 5.73 Å². The van der Waals surface area contributed by atoms with Gasteiger partial charge in [-0.1, -0.05) is 25.5 Å². The molecule has 0 spiro atoms. The zero-order valence-corrected chi connectivity index (χ0v) is 14.9.